The number of carboxylic acids is 1. The molecule has 2 N–H and O–H groups in total. The lowest BCUT2D eigenvalue weighted by atomic mass is 10.3. The Morgan fingerprint density at radius 3 is 2.95 bits per heavy atom. The predicted molar refractivity (Wildman–Crippen MR) is 76.2 cm³/mol. The first-order chi connectivity index (χ1) is 9.19. The average molecular weight is 277 g/mol. The molecule has 4 nitrogen and oxygen atoms in total. The zero-order valence-electron chi connectivity index (χ0n) is 10.6. The fourth-order valence-electron chi connectivity index (χ4n) is 1.64. The first-order valence-corrected chi connectivity index (χ1v) is 6.84. The minimum Gasteiger partial charge on any atom is -0.494 e. The van der Waals surface area contributed by atoms with Crippen LogP contribution in [-0.4, -0.2) is 17.7 Å². The molecule has 0 atom stereocenters. The highest BCUT2D eigenvalue weighted by Gasteiger charge is 2.06. The lowest BCUT2D eigenvalue weighted by Gasteiger charge is -2.07. The van der Waals surface area contributed by atoms with E-state index in [2.05, 4.69) is 5.32 Å². The van der Waals surface area contributed by atoms with E-state index in [0.717, 1.165) is 16.3 Å². The predicted octanol–water partition coefficient (Wildman–Crippen LogP) is 3.46. The van der Waals surface area contributed by atoms with E-state index in [0.29, 0.717) is 18.7 Å². The van der Waals surface area contributed by atoms with E-state index < -0.39 is 5.97 Å². The van der Waals surface area contributed by atoms with Gasteiger partial charge in [0.05, 0.1) is 12.2 Å². The largest absolute Gasteiger partial charge is 0.494 e. The second-order valence-electron chi connectivity index (χ2n) is 3.92. The zero-order chi connectivity index (χ0) is 13.7. The quantitative estimate of drug-likeness (QED) is 0.849. The molecule has 0 spiro atoms. The van der Waals surface area contributed by atoms with Gasteiger partial charge in [-0.1, -0.05) is 6.07 Å². The molecule has 1 aromatic carbocycles. The molecule has 0 saturated heterocycles. The normalized spacial score (nSPS) is 10.2. The van der Waals surface area contributed by atoms with Gasteiger partial charge >= 0.3 is 5.97 Å². The van der Waals surface area contributed by atoms with Crippen molar-refractivity contribution in [2.45, 2.75) is 13.5 Å². The number of carboxylic acid groups (broad SMARTS) is 1. The Hall–Kier alpha value is -2.01. The highest BCUT2D eigenvalue weighted by molar-refractivity contribution is 7.10. The van der Waals surface area contributed by atoms with E-state index in [1.54, 1.807) is 11.4 Å². The Morgan fingerprint density at radius 1 is 1.42 bits per heavy atom. The Bertz CT molecular complexity index is 565. The minimum atomic E-state index is -0.888. The van der Waals surface area contributed by atoms with E-state index in [-0.39, 0.29) is 0 Å². The van der Waals surface area contributed by atoms with Gasteiger partial charge in [0.15, 0.2) is 0 Å². The van der Waals surface area contributed by atoms with Gasteiger partial charge in [0.2, 0.25) is 0 Å². The van der Waals surface area contributed by atoms with Gasteiger partial charge in [0.25, 0.3) is 0 Å². The highest BCUT2D eigenvalue weighted by Crippen LogP contribution is 2.20. The summed E-state index contributed by atoms with van der Waals surface area (Å²) in [6.45, 7) is 3.18. The van der Waals surface area contributed by atoms with Crippen molar-refractivity contribution < 1.29 is 14.6 Å². The molecular weight excluding hydrogens is 262 g/mol. The molecule has 2 aromatic rings. The van der Waals surface area contributed by atoms with Crippen molar-refractivity contribution in [2.75, 3.05) is 11.9 Å². The van der Waals surface area contributed by atoms with Crippen LogP contribution >= 0.6 is 11.3 Å². The van der Waals surface area contributed by atoms with E-state index >= 15 is 0 Å². The van der Waals surface area contributed by atoms with Gasteiger partial charge < -0.3 is 15.2 Å². The van der Waals surface area contributed by atoms with Crippen LogP contribution in [0.1, 0.15) is 22.2 Å². The number of thiophene rings is 1. The van der Waals surface area contributed by atoms with Crippen molar-refractivity contribution >= 4 is 23.0 Å². The molecule has 0 aliphatic heterocycles. The molecule has 0 aliphatic carbocycles. The fraction of sp³-hybridized carbons (Fsp3) is 0.214. The number of hydrogen-bond donors (Lipinski definition) is 2. The molecule has 0 bridgehead atoms. The lowest BCUT2D eigenvalue weighted by Crippen LogP contribution is -1.99. The molecule has 0 saturated carbocycles. The molecule has 0 aliphatic rings. The first-order valence-electron chi connectivity index (χ1n) is 5.96. The smallest absolute Gasteiger partial charge is 0.336 e. The van der Waals surface area contributed by atoms with Crippen LogP contribution in [0.25, 0.3) is 0 Å². The summed E-state index contributed by atoms with van der Waals surface area (Å²) < 4.78 is 5.42. The Kier molecular flexibility index (Phi) is 4.41. The van der Waals surface area contributed by atoms with E-state index in [1.807, 2.05) is 31.2 Å². The number of nitrogens with one attached hydrogen (secondary N) is 1. The van der Waals surface area contributed by atoms with Gasteiger partial charge in [0.1, 0.15) is 5.75 Å². The maximum Gasteiger partial charge on any atom is 0.336 e. The number of carbonyl (C=O) groups is 1. The minimum absolute atomic E-state index is 0.338. The first kappa shape index (κ1) is 13.4. The van der Waals surface area contributed by atoms with Crippen LogP contribution in [0, 0.1) is 0 Å². The molecule has 2 rings (SSSR count). The van der Waals surface area contributed by atoms with Crippen molar-refractivity contribution in [3.05, 3.63) is 46.2 Å². The Balaban J connectivity index is 1.97. The molecule has 0 unspecified atom stereocenters. The maximum atomic E-state index is 10.8. The van der Waals surface area contributed by atoms with Crippen LogP contribution in [0.15, 0.2) is 35.7 Å². The third-order valence-electron chi connectivity index (χ3n) is 2.51. The van der Waals surface area contributed by atoms with E-state index in [4.69, 9.17) is 9.84 Å². The van der Waals surface area contributed by atoms with E-state index in [1.165, 1.54) is 11.3 Å². The molecule has 19 heavy (non-hydrogen) atoms. The van der Waals surface area contributed by atoms with Crippen LogP contribution in [0.2, 0.25) is 0 Å². The highest BCUT2D eigenvalue weighted by atomic mass is 32.1. The van der Waals surface area contributed by atoms with Crippen molar-refractivity contribution in [1.82, 2.24) is 0 Å². The van der Waals surface area contributed by atoms with Crippen LogP contribution in [-0.2, 0) is 6.54 Å². The molecule has 1 heterocycles. The Labute approximate surface area is 115 Å². The van der Waals surface area contributed by atoms with Crippen molar-refractivity contribution in [3.63, 3.8) is 0 Å². The molecule has 100 valence electrons. The molecule has 0 amide bonds. The molecule has 5 heteroatoms. The van der Waals surface area contributed by atoms with Gasteiger partial charge in [0, 0.05) is 28.6 Å². The monoisotopic (exact) mass is 277 g/mol. The number of ether oxygens (including phenoxy) is 1. The summed E-state index contributed by atoms with van der Waals surface area (Å²) in [5.74, 6) is -0.0641. The van der Waals surface area contributed by atoms with Crippen LogP contribution in [0.4, 0.5) is 5.69 Å². The third kappa shape index (κ3) is 3.72. The second kappa shape index (κ2) is 6.24. The molecule has 0 fully saturated rings. The SMILES string of the molecule is CCOc1cccc(NCc2cc(C(=O)O)cs2)c1. The van der Waals surface area contributed by atoms with Crippen LogP contribution < -0.4 is 10.1 Å². The van der Waals surface area contributed by atoms with Crippen molar-refractivity contribution in [1.29, 1.82) is 0 Å². The number of benzene rings is 1. The lowest BCUT2D eigenvalue weighted by molar-refractivity contribution is 0.0697. The van der Waals surface area contributed by atoms with Gasteiger partial charge in [-0.2, -0.15) is 0 Å². The summed E-state index contributed by atoms with van der Waals surface area (Å²) >= 11 is 1.44. The fourth-order valence-corrected chi connectivity index (χ4v) is 2.43. The maximum absolute atomic E-state index is 10.8. The molecule has 0 radical (unpaired) electrons. The molecule has 1 aromatic heterocycles. The number of hydrogen-bond acceptors (Lipinski definition) is 4. The van der Waals surface area contributed by atoms with Gasteiger partial charge in [-0.3, -0.25) is 0 Å². The average Bonchev–Trinajstić information content (AvgIpc) is 2.86. The number of anilines is 1. The van der Waals surface area contributed by atoms with Crippen molar-refractivity contribution in [3.8, 4) is 5.75 Å². The summed E-state index contributed by atoms with van der Waals surface area (Å²) in [4.78, 5) is 11.8. The van der Waals surface area contributed by atoms with Gasteiger partial charge in [-0.15, -0.1) is 11.3 Å². The topological polar surface area (TPSA) is 58.6 Å². The summed E-state index contributed by atoms with van der Waals surface area (Å²) in [7, 11) is 0. The van der Waals surface area contributed by atoms with Crippen molar-refractivity contribution in [2.24, 2.45) is 0 Å². The number of aromatic carboxylic acids is 1. The van der Waals surface area contributed by atoms with Crippen LogP contribution in [0.3, 0.4) is 0 Å². The summed E-state index contributed by atoms with van der Waals surface area (Å²) in [5, 5.41) is 13.7. The van der Waals surface area contributed by atoms with Crippen LogP contribution in [0.5, 0.6) is 5.75 Å². The summed E-state index contributed by atoms with van der Waals surface area (Å²) in [5.41, 5.74) is 1.29. The van der Waals surface area contributed by atoms with Gasteiger partial charge in [-0.25, -0.2) is 4.79 Å². The number of rotatable bonds is 6. The Morgan fingerprint density at radius 2 is 2.26 bits per heavy atom. The van der Waals surface area contributed by atoms with E-state index in [9.17, 15) is 4.79 Å². The molecular formula is C14H15NO3S. The second-order valence-corrected chi connectivity index (χ2v) is 4.92. The standard InChI is InChI=1S/C14H15NO3S/c1-2-18-12-5-3-4-11(7-12)15-8-13-6-10(9-19-13)14(16)17/h3-7,9,15H,2,8H2,1H3,(H,16,17). The summed E-state index contributed by atoms with van der Waals surface area (Å²) in [6.07, 6.45) is 0. The summed E-state index contributed by atoms with van der Waals surface area (Å²) in [6, 6.07) is 9.39. The third-order valence-corrected chi connectivity index (χ3v) is 3.45. The zero-order valence-corrected chi connectivity index (χ0v) is 11.4. The van der Waals surface area contributed by atoms with Gasteiger partial charge in [-0.05, 0) is 25.1 Å².